The Morgan fingerprint density at radius 2 is 2.07 bits per heavy atom. The summed E-state index contributed by atoms with van der Waals surface area (Å²) in [5.74, 6) is 0.259. The summed E-state index contributed by atoms with van der Waals surface area (Å²) in [5, 5.41) is 30.7. The molecule has 0 fully saturated rings. The second-order valence-electron chi connectivity index (χ2n) is 6.27. The molecule has 2 aromatic carbocycles. The number of fused-ring (bicyclic) bond motifs is 1. The molecule has 5 nitrogen and oxygen atoms in total. The van der Waals surface area contributed by atoms with E-state index in [9.17, 15) is 14.8 Å². The molecule has 0 aliphatic rings. The first-order chi connectivity index (χ1) is 13.6. The van der Waals surface area contributed by atoms with Gasteiger partial charge in [0.15, 0.2) is 0 Å². The second kappa shape index (κ2) is 9.16. The zero-order valence-corrected chi connectivity index (χ0v) is 17.4. The van der Waals surface area contributed by atoms with Gasteiger partial charge in [-0.2, -0.15) is 0 Å². The summed E-state index contributed by atoms with van der Waals surface area (Å²) in [6.07, 6.45) is -0.249. The minimum atomic E-state index is -0.744. The predicted octanol–water partition coefficient (Wildman–Crippen LogP) is 2.14. The van der Waals surface area contributed by atoms with Crippen LogP contribution in [-0.4, -0.2) is 50.8 Å². The molecule has 144 valence electrons. The number of hydrogen-bond acceptors (Lipinski definition) is 5. The van der Waals surface area contributed by atoms with Crippen LogP contribution in [0.3, 0.4) is 0 Å². The van der Waals surface area contributed by atoms with Gasteiger partial charge in [-0.05, 0) is 0 Å². The average molecular weight is 442 g/mol. The molecule has 0 saturated heterocycles. The zero-order valence-electron chi connectivity index (χ0n) is 15.3. The number of aromatic nitrogens is 1. The molecule has 1 heterocycles. The fourth-order valence-electron chi connectivity index (χ4n) is 3.02. The van der Waals surface area contributed by atoms with Crippen molar-refractivity contribution in [3.63, 3.8) is 0 Å². The standard InChI is InChI=1S/C21H20AsFN2O3/c1-28-16-5-6-17-18(10-16)20(13-3-2-4-14(23)9-13)19(11-24)25-21(17)22-8-7-15(27)12-26/h2-6,9-10,15,22,26-27H,7-8,12H2,1H3/t15-/m1/s1. The first kappa shape index (κ1) is 20.3. The van der Waals surface area contributed by atoms with Gasteiger partial charge >= 0.3 is 169 Å². The van der Waals surface area contributed by atoms with E-state index >= 15 is 0 Å². The summed E-state index contributed by atoms with van der Waals surface area (Å²) in [4.78, 5) is 4.59. The van der Waals surface area contributed by atoms with Crippen LogP contribution in [0, 0.1) is 17.1 Å². The fraction of sp³-hybridized carbons (Fsp3) is 0.238. The van der Waals surface area contributed by atoms with Gasteiger partial charge in [0.25, 0.3) is 0 Å². The number of benzene rings is 2. The van der Waals surface area contributed by atoms with Gasteiger partial charge in [0.1, 0.15) is 0 Å². The van der Waals surface area contributed by atoms with E-state index in [1.165, 1.54) is 12.1 Å². The molecule has 2 atom stereocenters. The third kappa shape index (κ3) is 4.34. The van der Waals surface area contributed by atoms with Crippen LogP contribution < -0.4 is 9.22 Å². The molecule has 0 aliphatic heterocycles. The van der Waals surface area contributed by atoms with Gasteiger partial charge in [-0.1, -0.05) is 0 Å². The van der Waals surface area contributed by atoms with E-state index in [4.69, 9.17) is 9.84 Å². The van der Waals surface area contributed by atoms with E-state index in [0.717, 1.165) is 20.5 Å². The van der Waals surface area contributed by atoms with Crippen LogP contribution in [0.15, 0.2) is 42.5 Å². The number of rotatable bonds is 7. The van der Waals surface area contributed by atoms with Crippen LogP contribution in [0.2, 0.25) is 5.21 Å². The van der Waals surface area contributed by atoms with E-state index in [2.05, 4.69) is 11.1 Å². The van der Waals surface area contributed by atoms with Crippen molar-refractivity contribution >= 4 is 31.0 Å². The van der Waals surface area contributed by atoms with Crippen LogP contribution >= 0.6 is 0 Å². The summed E-state index contributed by atoms with van der Waals surface area (Å²) in [6.45, 7) is -0.264. The number of aliphatic hydroxyl groups excluding tert-OH is 2. The number of methoxy groups -OCH3 is 1. The molecule has 3 rings (SSSR count). The van der Waals surface area contributed by atoms with Crippen molar-refractivity contribution in [2.45, 2.75) is 17.7 Å². The number of pyridine rings is 1. The number of halogens is 1. The molecular weight excluding hydrogens is 422 g/mol. The first-order valence-corrected chi connectivity index (χ1v) is 11.3. The maximum atomic E-state index is 13.8. The van der Waals surface area contributed by atoms with Gasteiger partial charge in [0, 0.05) is 0 Å². The van der Waals surface area contributed by atoms with Gasteiger partial charge in [0.05, 0.1) is 0 Å². The zero-order chi connectivity index (χ0) is 20.1. The van der Waals surface area contributed by atoms with E-state index in [-0.39, 0.29) is 18.1 Å². The Balaban J connectivity index is 2.17. The molecule has 2 N–H and O–H groups in total. The van der Waals surface area contributed by atoms with Crippen molar-refractivity contribution in [1.29, 1.82) is 5.26 Å². The third-order valence-corrected chi connectivity index (χ3v) is 7.04. The Morgan fingerprint density at radius 3 is 2.75 bits per heavy atom. The van der Waals surface area contributed by atoms with E-state index in [0.29, 0.717) is 23.3 Å². The molecule has 7 heteroatoms. The molecular formula is C21H20AsFN2O3. The first-order valence-electron chi connectivity index (χ1n) is 8.78. The topological polar surface area (TPSA) is 86.4 Å². The molecule has 0 spiro atoms. The molecule has 0 bridgehead atoms. The van der Waals surface area contributed by atoms with Gasteiger partial charge < -0.3 is 0 Å². The third-order valence-electron chi connectivity index (χ3n) is 4.41. The van der Waals surface area contributed by atoms with E-state index in [1.807, 2.05) is 18.2 Å². The van der Waals surface area contributed by atoms with Gasteiger partial charge in [-0.3, -0.25) is 0 Å². The van der Waals surface area contributed by atoms with Crippen LogP contribution in [0.1, 0.15) is 12.1 Å². The summed E-state index contributed by atoms with van der Waals surface area (Å²) < 4.78 is 20.0. The maximum absolute atomic E-state index is 13.8. The monoisotopic (exact) mass is 442 g/mol. The molecule has 0 saturated carbocycles. The number of hydrogen-bond donors (Lipinski definition) is 2. The van der Waals surface area contributed by atoms with Crippen molar-refractivity contribution in [2.24, 2.45) is 0 Å². The van der Waals surface area contributed by atoms with Crippen LogP contribution in [0.25, 0.3) is 21.9 Å². The number of ether oxygens (including phenoxy) is 1. The van der Waals surface area contributed by atoms with Crippen molar-refractivity contribution in [3.05, 3.63) is 54.0 Å². The Hall–Kier alpha value is -2.45. The minimum absolute atomic E-state index is 0.243. The quantitative estimate of drug-likeness (QED) is 0.548. The molecule has 1 aromatic heterocycles. The Labute approximate surface area is 169 Å². The second-order valence-corrected chi connectivity index (χ2v) is 9.05. The molecule has 0 aliphatic carbocycles. The Bertz CT molecular complexity index is 1040. The van der Waals surface area contributed by atoms with Gasteiger partial charge in [-0.25, -0.2) is 0 Å². The molecule has 28 heavy (non-hydrogen) atoms. The molecule has 3 aromatic rings. The fourth-order valence-corrected chi connectivity index (χ4v) is 5.78. The van der Waals surface area contributed by atoms with E-state index in [1.54, 1.807) is 19.2 Å². The van der Waals surface area contributed by atoms with Crippen LogP contribution in [-0.2, 0) is 0 Å². The van der Waals surface area contributed by atoms with E-state index < -0.39 is 21.9 Å². The number of nitriles is 1. The molecule has 0 radical (unpaired) electrons. The normalized spacial score (nSPS) is 12.4. The summed E-state index contributed by atoms with van der Waals surface area (Å²) >= 11 is -0.744. The number of nitrogens with zero attached hydrogens (tertiary/aromatic N) is 2. The van der Waals surface area contributed by atoms with Crippen molar-refractivity contribution in [1.82, 2.24) is 4.98 Å². The molecule has 1 unspecified atom stereocenters. The van der Waals surface area contributed by atoms with Crippen molar-refractivity contribution < 1.29 is 19.3 Å². The predicted molar refractivity (Wildman–Crippen MR) is 108 cm³/mol. The van der Waals surface area contributed by atoms with Crippen molar-refractivity contribution in [3.8, 4) is 22.9 Å². The Morgan fingerprint density at radius 1 is 1.25 bits per heavy atom. The van der Waals surface area contributed by atoms with Gasteiger partial charge in [0.2, 0.25) is 0 Å². The van der Waals surface area contributed by atoms with Crippen molar-refractivity contribution in [2.75, 3.05) is 13.7 Å². The number of aliphatic hydroxyl groups is 2. The summed E-state index contributed by atoms with van der Waals surface area (Å²) in [5.41, 5.74) is 1.42. The SMILES string of the molecule is COc1ccc2c([AsH]CC[C@@H](O)CO)nc(C#N)c(-c3cccc(F)c3)c2c1. The van der Waals surface area contributed by atoms with Crippen LogP contribution in [0.5, 0.6) is 5.75 Å². The summed E-state index contributed by atoms with van der Waals surface area (Å²) in [7, 11) is 1.57. The average Bonchev–Trinajstić information content (AvgIpc) is 2.72. The summed E-state index contributed by atoms with van der Waals surface area (Å²) in [6, 6.07) is 13.9. The van der Waals surface area contributed by atoms with Crippen LogP contribution in [0.4, 0.5) is 4.39 Å². The Kier molecular flexibility index (Phi) is 6.64. The van der Waals surface area contributed by atoms with Gasteiger partial charge in [-0.15, -0.1) is 0 Å². The molecule has 0 amide bonds.